The summed E-state index contributed by atoms with van der Waals surface area (Å²) in [4.78, 5) is 21.3. The number of benzene rings is 1. The lowest BCUT2D eigenvalue weighted by Gasteiger charge is -2.16. The second-order valence-corrected chi connectivity index (χ2v) is 8.67. The Bertz CT molecular complexity index is 1250. The Morgan fingerprint density at radius 2 is 2.10 bits per heavy atom. The minimum Gasteiger partial charge on any atom is -0.497 e. The van der Waals surface area contributed by atoms with Crippen molar-refractivity contribution in [3.05, 3.63) is 52.6 Å². The molecule has 1 amide bonds. The van der Waals surface area contributed by atoms with Gasteiger partial charge < -0.3 is 14.2 Å². The van der Waals surface area contributed by atoms with E-state index < -0.39 is 0 Å². The molecular weight excluding hydrogens is 384 g/mol. The highest BCUT2D eigenvalue weighted by atomic mass is 32.1. The Kier molecular flexibility index (Phi) is 4.17. The number of hydrogen-bond acceptors (Lipinski definition) is 4. The number of aryl methyl sites for hydroxylation is 3. The van der Waals surface area contributed by atoms with E-state index in [0.717, 1.165) is 41.1 Å². The van der Waals surface area contributed by atoms with E-state index in [1.165, 1.54) is 10.5 Å². The minimum atomic E-state index is 0.0831. The lowest BCUT2D eigenvalue weighted by Crippen LogP contribution is -2.30. The molecule has 5 rings (SSSR count). The van der Waals surface area contributed by atoms with Crippen molar-refractivity contribution in [3.63, 3.8) is 0 Å². The van der Waals surface area contributed by atoms with E-state index in [2.05, 4.69) is 23.6 Å². The van der Waals surface area contributed by atoms with Crippen LogP contribution in [0, 0.1) is 13.8 Å². The number of carbonyl (C=O) groups excluding carboxylic acids is 1. The maximum Gasteiger partial charge on any atom is 0.270 e. The normalized spacial score (nSPS) is 17.0. The Labute approximate surface area is 173 Å². The first kappa shape index (κ1) is 18.2. The van der Waals surface area contributed by atoms with Gasteiger partial charge in [0.15, 0.2) is 0 Å². The number of methoxy groups -OCH3 is 1. The number of likely N-dealkylation sites (tertiary alicyclic amines) is 1. The van der Waals surface area contributed by atoms with Crippen LogP contribution in [-0.4, -0.2) is 45.0 Å². The number of hydrogen-bond donors (Lipinski definition) is 0. The molecule has 0 N–H and O–H groups in total. The fraction of sp³-hybridized carbons (Fsp3) is 0.364. The monoisotopic (exact) mass is 408 g/mol. The first-order valence-corrected chi connectivity index (χ1v) is 10.7. The minimum absolute atomic E-state index is 0.0831. The van der Waals surface area contributed by atoms with Crippen molar-refractivity contribution in [2.75, 3.05) is 20.2 Å². The molecule has 1 aliphatic rings. The van der Waals surface area contributed by atoms with Gasteiger partial charge in [0, 0.05) is 48.0 Å². The predicted octanol–water partition coefficient (Wildman–Crippen LogP) is 4.14. The summed E-state index contributed by atoms with van der Waals surface area (Å²) in [5, 5.41) is 3.20. The average Bonchev–Trinajstić information content (AvgIpc) is 3.47. The molecule has 0 saturated carbocycles. The highest BCUT2D eigenvalue weighted by Crippen LogP contribution is 2.34. The molecule has 3 aromatic heterocycles. The third-order valence-electron chi connectivity index (χ3n) is 6.05. The van der Waals surface area contributed by atoms with Crippen molar-refractivity contribution >= 4 is 33.0 Å². The number of nitrogens with zero attached hydrogens (tertiary/aromatic N) is 4. The molecule has 6 nitrogen and oxygen atoms in total. The van der Waals surface area contributed by atoms with Gasteiger partial charge in [0.05, 0.1) is 12.8 Å². The second-order valence-electron chi connectivity index (χ2n) is 7.81. The Balaban J connectivity index is 1.43. The van der Waals surface area contributed by atoms with Crippen LogP contribution in [0.3, 0.4) is 0 Å². The van der Waals surface area contributed by atoms with Crippen LogP contribution in [0.1, 0.15) is 40.0 Å². The highest BCUT2D eigenvalue weighted by molar-refractivity contribution is 7.15. The first-order chi connectivity index (χ1) is 14.0. The fourth-order valence-corrected chi connectivity index (χ4v) is 5.61. The van der Waals surface area contributed by atoms with Gasteiger partial charge in [0.2, 0.25) is 0 Å². The molecule has 1 unspecified atom stereocenters. The van der Waals surface area contributed by atoms with Gasteiger partial charge in [-0.1, -0.05) is 0 Å². The van der Waals surface area contributed by atoms with E-state index >= 15 is 0 Å². The Morgan fingerprint density at radius 1 is 1.28 bits per heavy atom. The van der Waals surface area contributed by atoms with Crippen molar-refractivity contribution in [2.24, 2.45) is 7.05 Å². The third kappa shape index (κ3) is 2.75. The van der Waals surface area contributed by atoms with Crippen LogP contribution < -0.4 is 4.74 Å². The largest absolute Gasteiger partial charge is 0.497 e. The number of ether oxygens (including phenoxy) is 1. The zero-order chi connectivity index (χ0) is 20.3. The third-order valence-corrected chi connectivity index (χ3v) is 7.13. The first-order valence-electron chi connectivity index (χ1n) is 9.83. The number of thiazole rings is 1. The quantitative estimate of drug-likeness (QED) is 0.512. The van der Waals surface area contributed by atoms with Gasteiger partial charge in [-0.25, -0.2) is 4.98 Å². The summed E-state index contributed by atoms with van der Waals surface area (Å²) in [7, 11) is 3.61. The molecule has 1 fully saturated rings. The average molecular weight is 409 g/mol. The molecule has 0 aliphatic carbocycles. The van der Waals surface area contributed by atoms with Gasteiger partial charge in [-0.15, -0.1) is 11.3 Å². The summed E-state index contributed by atoms with van der Waals surface area (Å²) in [6.07, 6.45) is 0.951. The Morgan fingerprint density at radius 3 is 2.90 bits per heavy atom. The number of fused-ring (bicyclic) bond motifs is 2. The van der Waals surface area contributed by atoms with Gasteiger partial charge in [-0.2, -0.15) is 0 Å². The van der Waals surface area contributed by atoms with E-state index in [4.69, 9.17) is 9.72 Å². The molecule has 1 atom stereocenters. The summed E-state index contributed by atoms with van der Waals surface area (Å²) < 4.78 is 9.52. The molecule has 0 radical (unpaired) electrons. The maximum absolute atomic E-state index is 13.3. The molecule has 1 saturated heterocycles. The molecule has 0 bridgehead atoms. The molecule has 4 heterocycles. The van der Waals surface area contributed by atoms with Crippen LogP contribution >= 0.6 is 11.3 Å². The molecule has 1 aromatic carbocycles. The zero-order valence-electron chi connectivity index (χ0n) is 17.1. The molecular formula is C22H24N4O2S. The number of rotatable bonds is 3. The van der Waals surface area contributed by atoms with E-state index in [9.17, 15) is 4.79 Å². The lowest BCUT2D eigenvalue weighted by molar-refractivity contribution is 0.0782. The lowest BCUT2D eigenvalue weighted by atomic mass is 10.1. The molecule has 29 heavy (non-hydrogen) atoms. The number of aromatic nitrogens is 3. The smallest absolute Gasteiger partial charge is 0.270 e. The standard InChI is InChI=1S/C22H24N4O2S/c1-13-12-29-22-20(23-14(2)26(13)22)15-7-8-25(11-15)21(27)19-10-16-9-17(28-4)5-6-18(16)24(19)3/h5-6,9-10,12,15H,7-8,11H2,1-4H3. The summed E-state index contributed by atoms with van der Waals surface area (Å²) in [5.74, 6) is 2.20. The van der Waals surface area contributed by atoms with Gasteiger partial charge in [-0.3, -0.25) is 9.20 Å². The molecule has 150 valence electrons. The highest BCUT2D eigenvalue weighted by Gasteiger charge is 2.32. The van der Waals surface area contributed by atoms with E-state index in [-0.39, 0.29) is 11.8 Å². The van der Waals surface area contributed by atoms with Crippen molar-refractivity contribution in [1.29, 1.82) is 0 Å². The van der Waals surface area contributed by atoms with Crippen LogP contribution in [-0.2, 0) is 7.05 Å². The van der Waals surface area contributed by atoms with Crippen molar-refractivity contribution in [1.82, 2.24) is 18.9 Å². The predicted molar refractivity (Wildman–Crippen MR) is 115 cm³/mol. The molecule has 1 aliphatic heterocycles. The zero-order valence-corrected chi connectivity index (χ0v) is 17.9. The van der Waals surface area contributed by atoms with Gasteiger partial charge in [-0.05, 0) is 44.5 Å². The fourth-order valence-electron chi connectivity index (χ4n) is 4.51. The maximum atomic E-state index is 13.3. The van der Waals surface area contributed by atoms with E-state index in [1.54, 1.807) is 18.4 Å². The van der Waals surface area contributed by atoms with Crippen LogP contribution in [0.25, 0.3) is 15.7 Å². The van der Waals surface area contributed by atoms with E-state index in [0.29, 0.717) is 12.2 Å². The summed E-state index contributed by atoms with van der Waals surface area (Å²) in [6.45, 7) is 5.64. The summed E-state index contributed by atoms with van der Waals surface area (Å²) in [5.41, 5.74) is 4.10. The topological polar surface area (TPSA) is 51.8 Å². The summed E-state index contributed by atoms with van der Waals surface area (Å²) >= 11 is 1.74. The van der Waals surface area contributed by atoms with Crippen LogP contribution in [0.4, 0.5) is 0 Å². The van der Waals surface area contributed by atoms with Crippen LogP contribution in [0.2, 0.25) is 0 Å². The number of carbonyl (C=O) groups is 1. The molecule has 4 aromatic rings. The van der Waals surface area contributed by atoms with Gasteiger partial charge >= 0.3 is 0 Å². The summed E-state index contributed by atoms with van der Waals surface area (Å²) in [6, 6.07) is 7.87. The van der Waals surface area contributed by atoms with Gasteiger partial charge in [0.25, 0.3) is 5.91 Å². The van der Waals surface area contributed by atoms with Crippen molar-refractivity contribution in [3.8, 4) is 5.75 Å². The van der Waals surface area contributed by atoms with Crippen molar-refractivity contribution in [2.45, 2.75) is 26.2 Å². The molecule has 0 spiro atoms. The second kappa shape index (κ2) is 6.62. The number of imidazole rings is 1. The van der Waals surface area contributed by atoms with Crippen molar-refractivity contribution < 1.29 is 9.53 Å². The molecule has 7 heteroatoms. The van der Waals surface area contributed by atoms with Crippen LogP contribution in [0.15, 0.2) is 29.6 Å². The SMILES string of the molecule is COc1ccc2c(c1)cc(C(=O)N1CCC(c3nc(C)n4c(C)csc34)C1)n2C. The van der Waals surface area contributed by atoms with Gasteiger partial charge in [0.1, 0.15) is 22.1 Å². The van der Waals surface area contributed by atoms with Crippen LogP contribution in [0.5, 0.6) is 5.75 Å². The number of amides is 1. The van der Waals surface area contributed by atoms with E-state index in [1.807, 2.05) is 40.8 Å². The Hall–Kier alpha value is -2.80.